The topological polar surface area (TPSA) is 112 Å². The average Bonchev–Trinajstić information content (AvgIpc) is 3.33. The standard InChI is InChI=1S/C23H19N3O6/c1-28-18-8-15-17(9-19(18)29-2)25-11-14(10-24)21(15)26-16-6-4-13(5-7-20(27)30-3)22-23(16)32-12-31-22/h4-9,11H,12H2,1-3H3,(H,25,26)/b7-5+. The van der Waals surface area contributed by atoms with Crippen LogP contribution in [0.15, 0.2) is 36.5 Å². The van der Waals surface area contributed by atoms with E-state index < -0.39 is 5.97 Å². The smallest absolute Gasteiger partial charge is 0.330 e. The number of methoxy groups -OCH3 is 3. The van der Waals surface area contributed by atoms with E-state index in [1.165, 1.54) is 26.5 Å². The molecule has 1 aliphatic heterocycles. The number of aromatic nitrogens is 1. The predicted molar refractivity (Wildman–Crippen MR) is 116 cm³/mol. The molecule has 2 heterocycles. The Morgan fingerprint density at radius 1 is 1.16 bits per heavy atom. The van der Waals surface area contributed by atoms with E-state index in [0.717, 1.165) is 0 Å². The van der Waals surface area contributed by atoms with Crippen molar-refractivity contribution in [2.45, 2.75) is 0 Å². The molecule has 0 atom stereocenters. The lowest BCUT2D eigenvalue weighted by Gasteiger charge is -2.15. The van der Waals surface area contributed by atoms with Gasteiger partial charge in [0.15, 0.2) is 23.0 Å². The van der Waals surface area contributed by atoms with Crippen LogP contribution in [0.25, 0.3) is 17.0 Å². The second-order valence-corrected chi connectivity index (χ2v) is 6.63. The Hall–Kier alpha value is -4.45. The van der Waals surface area contributed by atoms with Gasteiger partial charge in [0.05, 0.1) is 43.8 Å². The summed E-state index contributed by atoms with van der Waals surface area (Å²) in [4.78, 5) is 15.8. The Morgan fingerprint density at radius 3 is 2.62 bits per heavy atom. The van der Waals surface area contributed by atoms with Crippen molar-refractivity contribution in [3.05, 3.63) is 47.7 Å². The normalized spacial score (nSPS) is 11.9. The van der Waals surface area contributed by atoms with Gasteiger partial charge in [0, 0.05) is 29.3 Å². The number of pyridine rings is 1. The number of ether oxygens (including phenoxy) is 5. The molecule has 9 heteroatoms. The summed E-state index contributed by atoms with van der Waals surface area (Å²) in [5.41, 5.74) is 2.74. The van der Waals surface area contributed by atoms with E-state index in [1.807, 2.05) is 0 Å². The van der Waals surface area contributed by atoms with Crippen LogP contribution in [0.2, 0.25) is 0 Å². The lowest BCUT2D eigenvalue weighted by Crippen LogP contribution is -2.00. The van der Waals surface area contributed by atoms with Gasteiger partial charge in [-0.2, -0.15) is 5.26 Å². The SMILES string of the molecule is COC(=O)/C=C/c1ccc(Nc2c(C#N)cnc3cc(OC)c(OC)cc23)c2c1OCO2. The van der Waals surface area contributed by atoms with Crippen molar-refractivity contribution in [1.82, 2.24) is 4.98 Å². The fourth-order valence-corrected chi connectivity index (χ4v) is 3.35. The summed E-state index contributed by atoms with van der Waals surface area (Å²) in [7, 11) is 4.39. The Kier molecular flexibility index (Phi) is 5.68. The molecule has 0 unspecified atom stereocenters. The fourth-order valence-electron chi connectivity index (χ4n) is 3.35. The van der Waals surface area contributed by atoms with Crippen LogP contribution < -0.4 is 24.3 Å². The third kappa shape index (κ3) is 3.70. The number of nitrogens with one attached hydrogen (secondary N) is 1. The third-order valence-corrected chi connectivity index (χ3v) is 4.90. The molecule has 32 heavy (non-hydrogen) atoms. The highest BCUT2D eigenvalue weighted by Crippen LogP contribution is 2.45. The number of carbonyl (C=O) groups excluding carboxylic acids is 1. The second kappa shape index (κ2) is 8.73. The number of hydrogen-bond acceptors (Lipinski definition) is 9. The molecule has 162 valence electrons. The quantitative estimate of drug-likeness (QED) is 0.458. The molecule has 1 N–H and O–H groups in total. The summed E-state index contributed by atoms with van der Waals surface area (Å²) < 4.78 is 26.7. The van der Waals surface area contributed by atoms with E-state index in [4.69, 9.17) is 18.9 Å². The Labute approximate surface area is 183 Å². The molecule has 0 amide bonds. The van der Waals surface area contributed by atoms with Crippen LogP contribution in [-0.4, -0.2) is 39.1 Å². The van der Waals surface area contributed by atoms with Gasteiger partial charge < -0.3 is 29.0 Å². The van der Waals surface area contributed by atoms with Crippen molar-refractivity contribution in [3.8, 4) is 29.1 Å². The monoisotopic (exact) mass is 433 g/mol. The minimum Gasteiger partial charge on any atom is -0.493 e. The van der Waals surface area contributed by atoms with Gasteiger partial charge in [0.2, 0.25) is 6.79 Å². The largest absolute Gasteiger partial charge is 0.493 e. The number of esters is 1. The molecular weight excluding hydrogens is 414 g/mol. The van der Waals surface area contributed by atoms with Gasteiger partial charge in [-0.3, -0.25) is 4.98 Å². The van der Waals surface area contributed by atoms with E-state index in [9.17, 15) is 10.1 Å². The van der Waals surface area contributed by atoms with Gasteiger partial charge in [0.25, 0.3) is 0 Å². The van der Waals surface area contributed by atoms with Gasteiger partial charge >= 0.3 is 5.97 Å². The first-order valence-electron chi connectivity index (χ1n) is 9.50. The molecule has 9 nitrogen and oxygen atoms in total. The first-order valence-corrected chi connectivity index (χ1v) is 9.50. The van der Waals surface area contributed by atoms with Crippen LogP contribution in [0, 0.1) is 11.3 Å². The molecule has 4 rings (SSSR count). The number of carbonyl (C=O) groups is 1. The van der Waals surface area contributed by atoms with Gasteiger partial charge in [-0.1, -0.05) is 0 Å². The predicted octanol–water partition coefficient (Wildman–Crippen LogP) is 3.78. The molecule has 1 aliphatic rings. The van der Waals surface area contributed by atoms with Crippen LogP contribution in [0.1, 0.15) is 11.1 Å². The van der Waals surface area contributed by atoms with Crippen LogP contribution in [0.5, 0.6) is 23.0 Å². The zero-order valence-electron chi connectivity index (χ0n) is 17.6. The zero-order valence-corrected chi connectivity index (χ0v) is 17.6. The van der Waals surface area contributed by atoms with Gasteiger partial charge in [0.1, 0.15) is 6.07 Å². The minimum atomic E-state index is -0.480. The summed E-state index contributed by atoms with van der Waals surface area (Å²) in [6.07, 6.45) is 4.37. The summed E-state index contributed by atoms with van der Waals surface area (Å²) in [6.45, 7) is 0.0281. The molecule has 0 saturated carbocycles. The van der Waals surface area contributed by atoms with Crippen molar-refractivity contribution in [3.63, 3.8) is 0 Å². The number of nitriles is 1. The van der Waals surface area contributed by atoms with Crippen molar-refractivity contribution in [1.29, 1.82) is 5.26 Å². The molecule has 0 radical (unpaired) electrons. The van der Waals surface area contributed by atoms with E-state index in [2.05, 4.69) is 21.1 Å². The maximum atomic E-state index is 11.4. The molecule has 0 bridgehead atoms. The Bertz CT molecular complexity index is 1280. The van der Waals surface area contributed by atoms with E-state index in [0.29, 0.717) is 56.4 Å². The molecule has 0 spiro atoms. The highest BCUT2D eigenvalue weighted by atomic mass is 16.7. The summed E-state index contributed by atoms with van der Waals surface area (Å²) >= 11 is 0. The fraction of sp³-hybridized carbons (Fsp3) is 0.174. The van der Waals surface area contributed by atoms with Gasteiger partial charge in [-0.05, 0) is 24.3 Å². The lowest BCUT2D eigenvalue weighted by atomic mass is 10.1. The first kappa shape index (κ1) is 20.8. The Balaban J connectivity index is 1.81. The number of benzene rings is 2. The molecular formula is C23H19N3O6. The Morgan fingerprint density at radius 2 is 1.91 bits per heavy atom. The second-order valence-electron chi connectivity index (χ2n) is 6.63. The first-order chi connectivity index (χ1) is 15.6. The third-order valence-electron chi connectivity index (χ3n) is 4.90. The number of fused-ring (bicyclic) bond motifs is 2. The van der Waals surface area contributed by atoms with E-state index >= 15 is 0 Å². The molecule has 1 aromatic heterocycles. The van der Waals surface area contributed by atoms with Gasteiger partial charge in [-0.15, -0.1) is 0 Å². The van der Waals surface area contributed by atoms with Crippen LogP contribution in [-0.2, 0) is 9.53 Å². The van der Waals surface area contributed by atoms with E-state index in [1.54, 1.807) is 37.5 Å². The zero-order chi connectivity index (χ0) is 22.7. The van der Waals surface area contributed by atoms with Gasteiger partial charge in [-0.25, -0.2) is 4.79 Å². The van der Waals surface area contributed by atoms with E-state index in [-0.39, 0.29) is 6.79 Å². The summed E-state index contributed by atoms with van der Waals surface area (Å²) in [5.74, 6) is 1.50. The highest BCUT2D eigenvalue weighted by Gasteiger charge is 2.23. The van der Waals surface area contributed by atoms with Crippen molar-refractivity contribution < 1.29 is 28.5 Å². The summed E-state index contributed by atoms with van der Waals surface area (Å²) in [6, 6.07) is 9.21. The molecule has 3 aromatic rings. The molecule has 0 aliphatic carbocycles. The van der Waals surface area contributed by atoms with Crippen LogP contribution >= 0.6 is 0 Å². The average molecular weight is 433 g/mol. The van der Waals surface area contributed by atoms with Crippen LogP contribution in [0.3, 0.4) is 0 Å². The number of hydrogen-bond donors (Lipinski definition) is 1. The number of nitrogens with zero attached hydrogens (tertiary/aromatic N) is 2. The molecule has 0 saturated heterocycles. The molecule has 2 aromatic carbocycles. The maximum Gasteiger partial charge on any atom is 0.330 e. The van der Waals surface area contributed by atoms with Crippen molar-refractivity contribution in [2.75, 3.05) is 33.4 Å². The number of rotatable bonds is 6. The summed E-state index contributed by atoms with van der Waals surface area (Å²) in [5, 5.41) is 13.6. The highest BCUT2D eigenvalue weighted by molar-refractivity contribution is 5.98. The van der Waals surface area contributed by atoms with Crippen LogP contribution in [0.4, 0.5) is 11.4 Å². The number of anilines is 2. The van der Waals surface area contributed by atoms with Crippen molar-refractivity contribution >= 4 is 34.3 Å². The van der Waals surface area contributed by atoms with Crippen molar-refractivity contribution in [2.24, 2.45) is 0 Å². The lowest BCUT2D eigenvalue weighted by molar-refractivity contribution is -0.134. The maximum absolute atomic E-state index is 11.4. The minimum absolute atomic E-state index is 0.0281. The molecule has 0 fully saturated rings.